The van der Waals surface area contributed by atoms with Crippen molar-refractivity contribution in [3.05, 3.63) is 28.8 Å². The number of carbonyl (C=O) groups excluding carboxylic acids is 1. The Morgan fingerprint density at radius 1 is 1.30 bits per heavy atom. The Kier molecular flexibility index (Phi) is 5.62. The molecule has 1 fully saturated rings. The van der Waals surface area contributed by atoms with Crippen LogP contribution < -0.4 is 9.47 Å². The number of aryl methyl sites for hydroxylation is 1. The fraction of sp³-hybridized carbons (Fsp3) is 0.389. The minimum absolute atomic E-state index is 0.0124. The Labute approximate surface area is 160 Å². The lowest BCUT2D eigenvalue weighted by Crippen LogP contribution is -2.52. The van der Waals surface area contributed by atoms with Gasteiger partial charge in [0.15, 0.2) is 17.5 Å². The van der Waals surface area contributed by atoms with Gasteiger partial charge in [-0.05, 0) is 25.1 Å². The predicted octanol–water partition coefficient (Wildman–Crippen LogP) is 2.06. The Hall–Kier alpha value is -2.65. The molecule has 0 spiro atoms. The van der Waals surface area contributed by atoms with E-state index in [1.807, 2.05) is 6.07 Å². The molecular weight excluding hydrogens is 372 g/mol. The van der Waals surface area contributed by atoms with Crippen molar-refractivity contribution in [3.63, 3.8) is 0 Å². The van der Waals surface area contributed by atoms with Crippen LogP contribution >= 0.6 is 11.3 Å². The van der Waals surface area contributed by atoms with E-state index < -0.39 is 12.0 Å². The smallest absolute Gasteiger partial charge is 0.328 e. The molecule has 0 bridgehead atoms. The van der Waals surface area contributed by atoms with Gasteiger partial charge in [0.25, 0.3) is 5.91 Å². The van der Waals surface area contributed by atoms with Gasteiger partial charge in [-0.2, -0.15) is 0 Å². The van der Waals surface area contributed by atoms with Crippen LogP contribution in [-0.2, 0) is 9.53 Å². The zero-order valence-electron chi connectivity index (χ0n) is 15.2. The number of aromatic nitrogens is 1. The third-order valence-electron chi connectivity index (χ3n) is 4.30. The van der Waals surface area contributed by atoms with Crippen molar-refractivity contribution in [2.75, 3.05) is 34.0 Å². The third-order valence-corrected chi connectivity index (χ3v) is 5.49. The van der Waals surface area contributed by atoms with Crippen molar-refractivity contribution < 1.29 is 28.9 Å². The molecule has 2 heterocycles. The van der Waals surface area contributed by atoms with E-state index in [-0.39, 0.29) is 19.1 Å². The molecule has 2 aromatic rings. The van der Waals surface area contributed by atoms with Crippen LogP contribution in [0.25, 0.3) is 10.6 Å². The van der Waals surface area contributed by atoms with Crippen molar-refractivity contribution in [2.45, 2.75) is 13.0 Å². The number of nitrogens with zero attached hydrogens (tertiary/aromatic N) is 2. The molecular formula is C18H20N2O6S. The second-order valence-electron chi connectivity index (χ2n) is 5.93. The predicted molar refractivity (Wildman–Crippen MR) is 98.7 cm³/mol. The highest BCUT2D eigenvalue weighted by atomic mass is 32.1. The molecule has 1 aromatic heterocycles. The number of hydrogen-bond donors (Lipinski definition) is 1. The fourth-order valence-corrected chi connectivity index (χ4v) is 3.89. The normalized spacial score (nSPS) is 16.9. The number of rotatable bonds is 5. The highest BCUT2D eigenvalue weighted by molar-refractivity contribution is 7.17. The van der Waals surface area contributed by atoms with Crippen molar-refractivity contribution >= 4 is 23.2 Å². The lowest BCUT2D eigenvalue weighted by molar-refractivity contribution is -0.147. The van der Waals surface area contributed by atoms with Gasteiger partial charge in [0.05, 0.1) is 33.1 Å². The first kappa shape index (κ1) is 19.1. The summed E-state index contributed by atoms with van der Waals surface area (Å²) in [6.07, 6.45) is 0. The molecule has 27 heavy (non-hydrogen) atoms. The molecule has 1 atom stereocenters. The second kappa shape index (κ2) is 7.93. The molecule has 1 aliphatic rings. The molecule has 1 aliphatic heterocycles. The average molecular weight is 392 g/mol. The Morgan fingerprint density at radius 2 is 2.04 bits per heavy atom. The van der Waals surface area contributed by atoms with Gasteiger partial charge in [-0.25, -0.2) is 9.78 Å². The number of amides is 1. The van der Waals surface area contributed by atoms with Gasteiger partial charge < -0.3 is 24.2 Å². The summed E-state index contributed by atoms with van der Waals surface area (Å²) in [7, 11) is 3.11. The minimum Gasteiger partial charge on any atom is -0.493 e. The third kappa shape index (κ3) is 3.74. The molecule has 1 aromatic carbocycles. The molecule has 144 valence electrons. The van der Waals surface area contributed by atoms with Gasteiger partial charge in [0.1, 0.15) is 9.88 Å². The number of thiazole rings is 1. The number of carboxylic acids is 1. The van der Waals surface area contributed by atoms with E-state index in [0.717, 1.165) is 5.56 Å². The van der Waals surface area contributed by atoms with Gasteiger partial charge in [-0.1, -0.05) is 0 Å². The number of carbonyl (C=O) groups is 2. The van der Waals surface area contributed by atoms with Crippen molar-refractivity contribution in [1.29, 1.82) is 0 Å². The highest BCUT2D eigenvalue weighted by Gasteiger charge is 2.35. The Morgan fingerprint density at radius 3 is 2.70 bits per heavy atom. The number of aliphatic carboxylic acids is 1. The first-order valence-corrected chi connectivity index (χ1v) is 9.09. The summed E-state index contributed by atoms with van der Waals surface area (Å²) in [6, 6.07) is 4.41. The van der Waals surface area contributed by atoms with E-state index in [1.165, 1.54) is 16.2 Å². The number of ether oxygens (including phenoxy) is 3. The van der Waals surface area contributed by atoms with Crippen LogP contribution in [0.1, 0.15) is 15.4 Å². The van der Waals surface area contributed by atoms with Gasteiger partial charge in [0.2, 0.25) is 0 Å². The SMILES string of the molecule is COc1ccc(-c2nc(C)c(C(=O)N3CCOCC3C(=O)O)s2)cc1OC. The van der Waals surface area contributed by atoms with Crippen LogP contribution in [0.2, 0.25) is 0 Å². The molecule has 1 saturated heterocycles. The van der Waals surface area contributed by atoms with E-state index in [1.54, 1.807) is 33.3 Å². The highest BCUT2D eigenvalue weighted by Crippen LogP contribution is 2.35. The van der Waals surface area contributed by atoms with Gasteiger partial charge in [0, 0.05) is 12.1 Å². The lowest BCUT2D eigenvalue weighted by atomic mass is 10.2. The second-order valence-corrected chi connectivity index (χ2v) is 6.93. The molecule has 0 radical (unpaired) electrons. The van der Waals surface area contributed by atoms with Gasteiger partial charge >= 0.3 is 5.97 Å². The standard InChI is InChI=1S/C18H20N2O6S/c1-10-15(17(21)20-6-7-26-9-12(20)18(22)23)27-16(19-10)11-4-5-13(24-2)14(8-11)25-3/h4-5,8,12H,6-7,9H2,1-3H3,(H,22,23). The quantitative estimate of drug-likeness (QED) is 0.832. The molecule has 9 heteroatoms. The van der Waals surface area contributed by atoms with Gasteiger partial charge in [-0.3, -0.25) is 4.79 Å². The number of methoxy groups -OCH3 is 2. The van der Waals surface area contributed by atoms with Crippen molar-refractivity contribution in [1.82, 2.24) is 9.88 Å². The van der Waals surface area contributed by atoms with Crippen molar-refractivity contribution in [2.24, 2.45) is 0 Å². The van der Waals surface area contributed by atoms with Crippen LogP contribution in [0.3, 0.4) is 0 Å². The number of carboxylic acid groups (broad SMARTS) is 1. The number of morpholine rings is 1. The van der Waals surface area contributed by atoms with E-state index in [0.29, 0.717) is 33.7 Å². The largest absolute Gasteiger partial charge is 0.493 e. The van der Waals surface area contributed by atoms with Gasteiger partial charge in [-0.15, -0.1) is 11.3 Å². The van der Waals surface area contributed by atoms with Crippen molar-refractivity contribution in [3.8, 4) is 22.1 Å². The monoisotopic (exact) mass is 392 g/mol. The van der Waals surface area contributed by atoms with E-state index in [4.69, 9.17) is 14.2 Å². The maximum atomic E-state index is 12.9. The number of hydrogen-bond acceptors (Lipinski definition) is 7. The zero-order chi connectivity index (χ0) is 19.6. The Bertz CT molecular complexity index is 866. The maximum Gasteiger partial charge on any atom is 0.328 e. The van der Waals surface area contributed by atoms with Crippen LogP contribution in [0.5, 0.6) is 11.5 Å². The average Bonchev–Trinajstić information content (AvgIpc) is 3.08. The van der Waals surface area contributed by atoms with Crippen LogP contribution in [0.4, 0.5) is 0 Å². The van der Waals surface area contributed by atoms with Crippen LogP contribution in [0.15, 0.2) is 18.2 Å². The molecule has 0 aliphatic carbocycles. The van der Waals surface area contributed by atoms with Crippen LogP contribution in [0, 0.1) is 6.92 Å². The summed E-state index contributed by atoms with van der Waals surface area (Å²) in [5, 5.41) is 10.0. The molecule has 1 unspecified atom stereocenters. The molecule has 1 amide bonds. The summed E-state index contributed by atoms with van der Waals surface area (Å²) in [5.41, 5.74) is 1.35. The number of benzene rings is 1. The summed E-state index contributed by atoms with van der Waals surface area (Å²) >= 11 is 1.23. The first-order chi connectivity index (χ1) is 13.0. The van der Waals surface area contributed by atoms with E-state index in [2.05, 4.69) is 4.98 Å². The van der Waals surface area contributed by atoms with E-state index >= 15 is 0 Å². The summed E-state index contributed by atoms with van der Waals surface area (Å²) < 4.78 is 15.8. The maximum absolute atomic E-state index is 12.9. The summed E-state index contributed by atoms with van der Waals surface area (Å²) in [4.78, 5) is 30.6. The summed E-state index contributed by atoms with van der Waals surface area (Å²) in [6.45, 7) is 2.28. The zero-order valence-corrected chi connectivity index (χ0v) is 16.0. The van der Waals surface area contributed by atoms with E-state index in [9.17, 15) is 14.7 Å². The lowest BCUT2D eigenvalue weighted by Gasteiger charge is -2.32. The Balaban J connectivity index is 1.92. The molecule has 1 N–H and O–H groups in total. The topological polar surface area (TPSA) is 98.2 Å². The molecule has 8 nitrogen and oxygen atoms in total. The molecule has 3 rings (SSSR count). The summed E-state index contributed by atoms with van der Waals surface area (Å²) in [5.74, 6) is -0.254. The fourth-order valence-electron chi connectivity index (χ4n) is 2.87. The molecule has 0 saturated carbocycles. The minimum atomic E-state index is -1.08. The first-order valence-electron chi connectivity index (χ1n) is 8.27. The van der Waals surface area contributed by atoms with Crippen LogP contribution in [-0.4, -0.2) is 66.9 Å².